The summed E-state index contributed by atoms with van der Waals surface area (Å²) in [6.45, 7) is 2.78. The molecular weight excluding hydrogens is 558 g/mol. The lowest BCUT2D eigenvalue weighted by Gasteiger charge is -2.19. The van der Waals surface area contributed by atoms with E-state index in [2.05, 4.69) is 16.0 Å². The molecule has 3 aromatic carbocycles. The Bertz CT molecular complexity index is 1570. The molecule has 1 aliphatic rings. The summed E-state index contributed by atoms with van der Waals surface area (Å²) in [7, 11) is 0. The Balaban J connectivity index is 1.24. The van der Waals surface area contributed by atoms with Crippen LogP contribution in [0.1, 0.15) is 22.8 Å². The molecule has 3 N–H and O–H groups in total. The van der Waals surface area contributed by atoms with Crippen LogP contribution in [0.2, 0.25) is 0 Å². The molecule has 2 heterocycles. The molecule has 0 radical (unpaired) electrons. The first-order chi connectivity index (χ1) is 19.9. The van der Waals surface area contributed by atoms with Crippen molar-refractivity contribution < 1.29 is 23.9 Å². The number of carbonyl (C=O) groups excluding carboxylic acids is 3. The van der Waals surface area contributed by atoms with Crippen LogP contribution in [0.25, 0.3) is 6.08 Å². The molecule has 1 atom stereocenters. The summed E-state index contributed by atoms with van der Waals surface area (Å²) in [6, 6.07) is 23.1. The van der Waals surface area contributed by atoms with Gasteiger partial charge in [-0.1, -0.05) is 24.3 Å². The van der Waals surface area contributed by atoms with Crippen molar-refractivity contribution in [3.63, 3.8) is 0 Å². The van der Waals surface area contributed by atoms with Gasteiger partial charge in [-0.05, 0) is 77.9 Å². The van der Waals surface area contributed by atoms with Gasteiger partial charge in [0.2, 0.25) is 5.91 Å². The Hall–Kier alpha value is -4.54. The normalized spacial score (nSPS) is 13.1. The van der Waals surface area contributed by atoms with Crippen molar-refractivity contribution in [2.75, 3.05) is 23.8 Å². The number of hydrogen-bond donors (Lipinski definition) is 3. The van der Waals surface area contributed by atoms with Crippen LogP contribution in [0.15, 0.2) is 100 Å². The van der Waals surface area contributed by atoms with Gasteiger partial charge in [-0.25, -0.2) is 0 Å². The van der Waals surface area contributed by atoms with Gasteiger partial charge in [0.1, 0.15) is 18.9 Å². The Kier molecular flexibility index (Phi) is 9.02. The number of nitrogens with one attached hydrogen (secondary N) is 3. The second kappa shape index (κ2) is 13.2. The summed E-state index contributed by atoms with van der Waals surface area (Å²) in [4.78, 5) is 39.8. The van der Waals surface area contributed by atoms with Crippen LogP contribution in [0.5, 0.6) is 11.5 Å². The smallest absolute Gasteiger partial charge is 0.272 e. The minimum absolute atomic E-state index is 0.113. The predicted molar refractivity (Wildman–Crippen MR) is 163 cm³/mol. The molecule has 0 fully saturated rings. The largest absolute Gasteiger partial charge is 0.486 e. The fourth-order valence-corrected chi connectivity index (χ4v) is 5.48. The van der Waals surface area contributed by atoms with Gasteiger partial charge in [-0.2, -0.15) is 11.3 Å². The third-order valence-corrected chi connectivity index (χ3v) is 7.76. The molecule has 0 spiro atoms. The average molecular weight is 586 g/mol. The van der Waals surface area contributed by atoms with E-state index in [0.717, 1.165) is 10.5 Å². The molecule has 0 bridgehead atoms. The third kappa shape index (κ3) is 7.56. The van der Waals surface area contributed by atoms with E-state index in [0.29, 0.717) is 41.7 Å². The Morgan fingerprint density at radius 2 is 1.66 bits per heavy atom. The van der Waals surface area contributed by atoms with Crippen molar-refractivity contribution in [2.45, 2.75) is 17.1 Å². The van der Waals surface area contributed by atoms with Gasteiger partial charge in [0.25, 0.3) is 11.8 Å². The fraction of sp³-hybridized carbons (Fsp3) is 0.129. The first-order valence-corrected chi connectivity index (χ1v) is 14.7. The van der Waals surface area contributed by atoms with Crippen LogP contribution in [0, 0.1) is 0 Å². The van der Waals surface area contributed by atoms with Crippen LogP contribution < -0.4 is 25.4 Å². The zero-order chi connectivity index (χ0) is 28.6. The second-order valence-electron chi connectivity index (χ2n) is 9.02. The highest BCUT2D eigenvalue weighted by atomic mass is 32.2. The van der Waals surface area contributed by atoms with E-state index in [1.54, 1.807) is 66.7 Å². The molecule has 0 saturated heterocycles. The van der Waals surface area contributed by atoms with Crippen LogP contribution in [0.3, 0.4) is 0 Å². The lowest BCUT2D eigenvalue weighted by Crippen LogP contribution is -2.30. The quantitative estimate of drug-likeness (QED) is 0.163. The number of hydrogen-bond acceptors (Lipinski definition) is 7. The van der Waals surface area contributed by atoms with Crippen LogP contribution >= 0.6 is 23.1 Å². The first kappa shape index (κ1) is 28.0. The lowest BCUT2D eigenvalue weighted by molar-refractivity contribution is -0.115. The number of thioether (sulfide) groups is 1. The highest BCUT2D eigenvalue weighted by molar-refractivity contribution is 8.00. The number of fused-ring (bicyclic) bond motifs is 1. The van der Waals surface area contributed by atoms with E-state index in [9.17, 15) is 14.4 Å². The second-order valence-corrected chi connectivity index (χ2v) is 11.2. The number of thiophene rings is 1. The van der Waals surface area contributed by atoms with Crippen LogP contribution in [0.4, 0.5) is 11.4 Å². The van der Waals surface area contributed by atoms with Crippen molar-refractivity contribution in [3.05, 3.63) is 106 Å². The molecule has 4 aromatic rings. The van der Waals surface area contributed by atoms with Crippen molar-refractivity contribution in [1.82, 2.24) is 5.32 Å². The van der Waals surface area contributed by atoms with Crippen molar-refractivity contribution in [1.29, 1.82) is 0 Å². The molecule has 5 rings (SSSR count). The van der Waals surface area contributed by atoms with E-state index >= 15 is 0 Å². The summed E-state index contributed by atoms with van der Waals surface area (Å²) in [6.07, 6.45) is 1.63. The van der Waals surface area contributed by atoms with Gasteiger partial charge in [-0.3, -0.25) is 14.4 Å². The van der Waals surface area contributed by atoms with Gasteiger partial charge in [0.15, 0.2) is 11.5 Å². The minimum atomic E-state index is -0.466. The Morgan fingerprint density at radius 1 is 0.878 bits per heavy atom. The molecule has 41 heavy (non-hydrogen) atoms. The number of rotatable bonds is 9. The van der Waals surface area contributed by atoms with Gasteiger partial charge in [0, 0.05) is 27.9 Å². The molecule has 208 valence electrons. The summed E-state index contributed by atoms with van der Waals surface area (Å²) in [5.74, 6) is 0.232. The van der Waals surface area contributed by atoms with Gasteiger partial charge < -0.3 is 25.4 Å². The maximum Gasteiger partial charge on any atom is 0.272 e. The number of amides is 3. The summed E-state index contributed by atoms with van der Waals surface area (Å²) >= 11 is 2.85. The third-order valence-electron chi connectivity index (χ3n) is 5.97. The van der Waals surface area contributed by atoms with E-state index in [1.165, 1.54) is 23.1 Å². The topological polar surface area (TPSA) is 106 Å². The molecule has 1 unspecified atom stereocenters. The molecule has 0 saturated carbocycles. The van der Waals surface area contributed by atoms with E-state index in [-0.39, 0.29) is 17.5 Å². The number of anilines is 2. The summed E-state index contributed by atoms with van der Waals surface area (Å²) in [5.41, 5.74) is 2.51. The van der Waals surface area contributed by atoms with Crippen molar-refractivity contribution in [3.8, 4) is 11.5 Å². The molecule has 3 amide bonds. The van der Waals surface area contributed by atoms with E-state index in [1.807, 2.05) is 35.9 Å². The van der Waals surface area contributed by atoms with Gasteiger partial charge in [-0.15, -0.1) is 11.8 Å². The van der Waals surface area contributed by atoms with Gasteiger partial charge >= 0.3 is 0 Å². The molecule has 8 nitrogen and oxygen atoms in total. The monoisotopic (exact) mass is 585 g/mol. The summed E-state index contributed by atoms with van der Waals surface area (Å²) < 4.78 is 11.1. The minimum Gasteiger partial charge on any atom is -0.486 e. The molecule has 1 aliphatic heterocycles. The summed E-state index contributed by atoms with van der Waals surface area (Å²) in [5, 5.41) is 11.9. The zero-order valence-electron chi connectivity index (χ0n) is 22.1. The standard InChI is InChI=1S/C31H27N3O5S2/c1-20(29(35)32-24-10-11-27-28(18-24)39-14-13-38-27)41-25-9-5-8-23(17-25)33-31(37)26(16-21-12-15-40-19-21)34-30(36)22-6-3-2-4-7-22/h2-12,15-20H,13-14H2,1H3,(H,32,35)(H,33,37)(H,34,36)/b26-16-. The van der Waals surface area contributed by atoms with Crippen molar-refractivity contribution >= 4 is 58.3 Å². The number of benzene rings is 3. The maximum absolute atomic E-state index is 13.3. The molecule has 0 aliphatic carbocycles. The zero-order valence-corrected chi connectivity index (χ0v) is 23.7. The van der Waals surface area contributed by atoms with Crippen LogP contribution in [-0.4, -0.2) is 36.2 Å². The van der Waals surface area contributed by atoms with E-state index in [4.69, 9.17) is 9.47 Å². The SMILES string of the molecule is CC(Sc1cccc(NC(=O)/C(=C/c2ccsc2)NC(=O)c2ccccc2)c1)C(=O)Nc1ccc2c(c1)OCCO2. The van der Waals surface area contributed by atoms with Crippen LogP contribution in [-0.2, 0) is 9.59 Å². The highest BCUT2D eigenvalue weighted by Crippen LogP contribution is 2.33. The number of carbonyl (C=O) groups is 3. The molecule has 10 heteroatoms. The fourth-order valence-electron chi connectivity index (χ4n) is 3.93. The Morgan fingerprint density at radius 3 is 2.44 bits per heavy atom. The lowest BCUT2D eigenvalue weighted by atomic mass is 10.2. The van der Waals surface area contributed by atoms with Gasteiger partial charge in [0.05, 0.1) is 5.25 Å². The highest BCUT2D eigenvalue weighted by Gasteiger charge is 2.19. The first-order valence-electron chi connectivity index (χ1n) is 12.8. The van der Waals surface area contributed by atoms with Crippen molar-refractivity contribution in [2.24, 2.45) is 0 Å². The average Bonchev–Trinajstić information content (AvgIpc) is 3.50. The predicted octanol–water partition coefficient (Wildman–Crippen LogP) is 6.05. The number of ether oxygens (including phenoxy) is 2. The van der Waals surface area contributed by atoms with E-state index < -0.39 is 11.2 Å². The molecular formula is C31H27N3O5S2. The maximum atomic E-state index is 13.3. The molecule has 1 aromatic heterocycles. The Labute approximate surface area is 245 Å².